The van der Waals surface area contributed by atoms with E-state index in [-0.39, 0.29) is 12.1 Å². The summed E-state index contributed by atoms with van der Waals surface area (Å²) in [5, 5.41) is 0. The number of rotatable bonds is 2. The molecule has 0 saturated heterocycles. The molecule has 124 valence electrons. The molecule has 0 spiro atoms. The first kappa shape index (κ1) is 18.3. The first-order valence-electron chi connectivity index (χ1n) is 7.77. The normalized spacial score (nSPS) is 22.7. The molecule has 0 atom stereocenters. The van der Waals surface area contributed by atoms with Crippen LogP contribution in [0.5, 0.6) is 0 Å². The van der Waals surface area contributed by atoms with Gasteiger partial charge in [0.15, 0.2) is 0 Å². The molecule has 0 saturated carbocycles. The molecule has 1 aliphatic heterocycles. The molecule has 22 heavy (non-hydrogen) atoms. The van der Waals surface area contributed by atoms with Crippen molar-refractivity contribution in [3.05, 3.63) is 0 Å². The Bertz CT molecular complexity index is 473. The summed E-state index contributed by atoms with van der Waals surface area (Å²) < 4.78 is 0. The summed E-state index contributed by atoms with van der Waals surface area (Å²) in [6, 6.07) is -0.738. The Hall–Kier alpha value is -1.72. The van der Waals surface area contributed by atoms with Gasteiger partial charge in [0.05, 0.1) is 0 Å². The van der Waals surface area contributed by atoms with Gasteiger partial charge in [-0.2, -0.15) is 9.98 Å². The van der Waals surface area contributed by atoms with E-state index in [4.69, 9.17) is 0 Å². The van der Waals surface area contributed by atoms with E-state index in [1.54, 1.807) is 0 Å². The van der Waals surface area contributed by atoms with E-state index in [0.29, 0.717) is 24.5 Å². The maximum Gasteiger partial charge on any atom is 0.351 e. The molecule has 6 nitrogen and oxygen atoms in total. The molecule has 0 radical (unpaired) electrons. The average Bonchev–Trinajstić information content (AvgIpc) is 2.31. The Morgan fingerprint density at radius 3 is 1.18 bits per heavy atom. The van der Waals surface area contributed by atoms with Crippen LogP contribution in [-0.2, 0) is 0 Å². The molecule has 1 heterocycles. The summed E-state index contributed by atoms with van der Waals surface area (Å²) in [6.45, 7) is 15.2. The summed E-state index contributed by atoms with van der Waals surface area (Å²) >= 11 is 0. The maximum absolute atomic E-state index is 12.7. The molecule has 0 aromatic heterocycles. The van der Waals surface area contributed by atoms with Crippen LogP contribution in [0.15, 0.2) is 9.98 Å². The lowest BCUT2D eigenvalue weighted by atomic mass is 10.0. The van der Waals surface area contributed by atoms with Crippen LogP contribution < -0.4 is 0 Å². The van der Waals surface area contributed by atoms with Gasteiger partial charge in [-0.1, -0.05) is 13.8 Å². The third-order valence-electron chi connectivity index (χ3n) is 3.32. The molecule has 1 aliphatic rings. The van der Waals surface area contributed by atoms with E-state index < -0.39 is 11.1 Å². The van der Waals surface area contributed by atoms with Crippen molar-refractivity contribution < 1.29 is 9.59 Å². The van der Waals surface area contributed by atoms with Gasteiger partial charge >= 0.3 is 12.1 Å². The van der Waals surface area contributed by atoms with Gasteiger partial charge in [-0.25, -0.2) is 9.59 Å². The molecule has 6 heteroatoms. The number of amides is 4. The highest BCUT2D eigenvalue weighted by molar-refractivity contribution is 6.12. The minimum absolute atomic E-state index is 0.369. The van der Waals surface area contributed by atoms with Gasteiger partial charge in [-0.15, -0.1) is 0 Å². The smallest absolute Gasteiger partial charge is 0.275 e. The Morgan fingerprint density at radius 2 is 1.00 bits per heavy atom. The second-order valence-corrected chi connectivity index (χ2v) is 7.34. The van der Waals surface area contributed by atoms with Gasteiger partial charge in [-0.3, -0.25) is 9.80 Å². The zero-order valence-electron chi connectivity index (χ0n) is 15.0. The molecule has 0 bridgehead atoms. The minimum Gasteiger partial charge on any atom is -0.275 e. The van der Waals surface area contributed by atoms with E-state index >= 15 is 0 Å². The van der Waals surface area contributed by atoms with Crippen molar-refractivity contribution in [2.75, 3.05) is 0 Å². The predicted molar refractivity (Wildman–Crippen MR) is 89.4 cm³/mol. The van der Waals surface area contributed by atoms with Crippen LogP contribution in [0.2, 0.25) is 0 Å². The first-order chi connectivity index (χ1) is 9.93. The second kappa shape index (κ2) is 6.18. The van der Waals surface area contributed by atoms with Crippen molar-refractivity contribution in [2.24, 2.45) is 9.98 Å². The van der Waals surface area contributed by atoms with Crippen molar-refractivity contribution in [3.63, 3.8) is 0 Å². The number of urea groups is 2. The standard InChI is InChI=1S/C16H28N4O2/c1-9-11-17-13(21)20(16(6,7)8)12(10-2)18-14(22)19(11)15(3,4)5/h9-10H2,1-8H3/b17-11-,18-12-. The van der Waals surface area contributed by atoms with E-state index in [0.717, 1.165) is 0 Å². The highest BCUT2D eigenvalue weighted by Crippen LogP contribution is 2.23. The molecule has 0 aromatic carbocycles. The number of hydrogen-bond acceptors (Lipinski definition) is 2. The van der Waals surface area contributed by atoms with E-state index in [1.807, 2.05) is 55.4 Å². The molecule has 0 aliphatic carbocycles. The van der Waals surface area contributed by atoms with Crippen molar-refractivity contribution in [1.82, 2.24) is 9.80 Å². The van der Waals surface area contributed by atoms with Crippen LogP contribution in [0.3, 0.4) is 0 Å². The van der Waals surface area contributed by atoms with Crippen molar-refractivity contribution in [2.45, 2.75) is 79.3 Å². The SMILES string of the molecule is CC/C1=N/C(=O)N(C(C)(C)C)/C(CC)=N\C(=O)N1C(C)(C)C. The van der Waals surface area contributed by atoms with Crippen LogP contribution >= 0.6 is 0 Å². The van der Waals surface area contributed by atoms with Crippen LogP contribution in [0, 0.1) is 0 Å². The van der Waals surface area contributed by atoms with Crippen LogP contribution in [-0.4, -0.2) is 44.6 Å². The number of carbonyl (C=O) groups is 2. The molecule has 0 unspecified atom stereocenters. The zero-order valence-corrected chi connectivity index (χ0v) is 15.0. The maximum atomic E-state index is 12.7. The van der Waals surface area contributed by atoms with E-state index in [2.05, 4.69) is 9.98 Å². The fourth-order valence-corrected chi connectivity index (χ4v) is 2.46. The molecular weight excluding hydrogens is 280 g/mol. The molecule has 0 fully saturated rings. The largest absolute Gasteiger partial charge is 0.351 e. The Balaban J connectivity index is 3.53. The van der Waals surface area contributed by atoms with Crippen molar-refractivity contribution >= 4 is 23.7 Å². The van der Waals surface area contributed by atoms with E-state index in [9.17, 15) is 9.59 Å². The van der Waals surface area contributed by atoms with Gasteiger partial charge in [0.25, 0.3) is 0 Å². The van der Waals surface area contributed by atoms with Crippen LogP contribution in [0.4, 0.5) is 9.59 Å². The zero-order chi connectivity index (χ0) is 17.3. The lowest BCUT2D eigenvalue weighted by molar-refractivity contribution is 0.187. The number of hydrogen-bond donors (Lipinski definition) is 0. The lowest BCUT2D eigenvalue weighted by Gasteiger charge is -2.39. The summed E-state index contributed by atoms with van der Waals surface area (Å²) in [5.41, 5.74) is -0.975. The second-order valence-electron chi connectivity index (χ2n) is 7.34. The molecule has 4 amide bonds. The van der Waals surface area contributed by atoms with Crippen molar-refractivity contribution in [1.29, 1.82) is 0 Å². The highest BCUT2D eigenvalue weighted by Gasteiger charge is 2.37. The van der Waals surface area contributed by atoms with Gasteiger partial charge in [0.2, 0.25) is 0 Å². The van der Waals surface area contributed by atoms with Gasteiger partial charge in [-0.05, 0) is 41.5 Å². The fraction of sp³-hybridized carbons (Fsp3) is 0.750. The Labute approximate surface area is 133 Å². The quantitative estimate of drug-likeness (QED) is 0.772. The third-order valence-corrected chi connectivity index (χ3v) is 3.32. The average molecular weight is 308 g/mol. The van der Waals surface area contributed by atoms with Gasteiger partial charge in [0.1, 0.15) is 11.7 Å². The monoisotopic (exact) mass is 308 g/mol. The first-order valence-corrected chi connectivity index (χ1v) is 7.77. The van der Waals surface area contributed by atoms with Crippen LogP contribution in [0.1, 0.15) is 68.2 Å². The number of nitrogens with zero attached hydrogens (tertiary/aromatic N) is 4. The molecule has 0 aromatic rings. The third kappa shape index (κ3) is 3.72. The Morgan fingerprint density at radius 1 is 0.727 bits per heavy atom. The molecular formula is C16H28N4O2. The summed E-state index contributed by atoms with van der Waals surface area (Å²) in [6.07, 6.45) is 0.980. The lowest BCUT2D eigenvalue weighted by Crippen LogP contribution is -2.54. The summed E-state index contributed by atoms with van der Waals surface area (Å²) in [7, 11) is 0. The van der Waals surface area contributed by atoms with Gasteiger partial charge < -0.3 is 0 Å². The Kier molecular flexibility index (Phi) is 5.15. The summed E-state index contributed by atoms with van der Waals surface area (Å²) in [4.78, 5) is 36.8. The van der Waals surface area contributed by atoms with Gasteiger partial charge in [0, 0.05) is 23.9 Å². The van der Waals surface area contributed by atoms with E-state index in [1.165, 1.54) is 9.80 Å². The predicted octanol–water partition coefficient (Wildman–Crippen LogP) is 4.06. The number of aliphatic imine (C=N–C) groups is 2. The number of amidine groups is 2. The van der Waals surface area contributed by atoms with Crippen LogP contribution in [0.25, 0.3) is 0 Å². The van der Waals surface area contributed by atoms with Crippen molar-refractivity contribution in [3.8, 4) is 0 Å². The minimum atomic E-state index is -0.488. The molecule has 0 N–H and O–H groups in total. The highest BCUT2D eigenvalue weighted by atomic mass is 16.2. The summed E-state index contributed by atoms with van der Waals surface area (Å²) in [5.74, 6) is 0.909. The number of carbonyl (C=O) groups excluding carboxylic acids is 2. The molecule has 1 rings (SSSR count). The topological polar surface area (TPSA) is 65.3 Å². The fourth-order valence-electron chi connectivity index (χ4n) is 2.46.